The SMILES string of the molecule is CCN(CC)C(=O)Oc1c(B(O)O)cccc1-c1ccccc1. The summed E-state index contributed by atoms with van der Waals surface area (Å²) in [5.41, 5.74) is 1.63. The number of amides is 1. The van der Waals surface area contributed by atoms with Gasteiger partial charge in [-0.25, -0.2) is 4.79 Å². The van der Waals surface area contributed by atoms with Crippen LogP contribution in [0.2, 0.25) is 0 Å². The maximum atomic E-state index is 12.3. The van der Waals surface area contributed by atoms with Crippen molar-refractivity contribution in [2.45, 2.75) is 13.8 Å². The van der Waals surface area contributed by atoms with Crippen LogP contribution in [0.15, 0.2) is 48.5 Å². The number of para-hydroxylation sites is 1. The van der Waals surface area contributed by atoms with Crippen LogP contribution in [0.4, 0.5) is 4.79 Å². The van der Waals surface area contributed by atoms with Gasteiger partial charge in [-0.3, -0.25) is 0 Å². The van der Waals surface area contributed by atoms with E-state index in [2.05, 4.69) is 0 Å². The van der Waals surface area contributed by atoms with E-state index < -0.39 is 13.2 Å². The van der Waals surface area contributed by atoms with E-state index in [1.54, 1.807) is 12.1 Å². The summed E-state index contributed by atoms with van der Waals surface area (Å²) in [5, 5.41) is 19.2. The highest BCUT2D eigenvalue weighted by Crippen LogP contribution is 2.29. The lowest BCUT2D eigenvalue weighted by Crippen LogP contribution is -2.37. The normalized spacial score (nSPS) is 10.3. The Hall–Kier alpha value is -2.31. The van der Waals surface area contributed by atoms with E-state index in [-0.39, 0.29) is 11.2 Å². The molecule has 2 aromatic carbocycles. The Morgan fingerprint density at radius 1 is 1.04 bits per heavy atom. The van der Waals surface area contributed by atoms with E-state index >= 15 is 0 Å². The Bertz CT molecular complexity index is 657. The lowest BCUT2D eigenvalue weighted by Gasteiger charge is -2.21. The van der Waals surface area contributed by atoms with Gasteiger partial charge in [0.15, 0.2) is 0 Å². The molecule has 0 unspecified atom stereocenters. The highest BCUT2D eigenvalue weighted by molar-refractivity contribution is 6.60. The van der Waals surface area contributed by atoms with Crippen LogP contribution < -0.4 is 10.2 Å². The van der Waals surface area contributed by atoms with Crippen LogP contribution in [0.5, 0.6) is 5.75 Å². The monoisotopic (exact) mass is 313 g/mol. The van der Waals surface area contributed by atoms with Crippen molar-refractivity contribution in [1.82, 2.24) is 4.90 Å². The Morgan fingerprint density at radius 2 is 1.70 bits per heavy atom. The van der Waals surface area contributed by atoms with Gasteiger partial charge in [-0.15, -0.1) is 0 Å². The van der Waals surface area contributed by atoms with Crippen molar-refractivity contribution in [2.75, 3.05) is 13.1 Å². The average Bonchev–Trinajstić information content (AvgIpc) is 2.56. The molecule has 0 aromatic heterocycles. The van der Waals surface area contributed by atoms with Crippen molar-refractivity contribution in [3.8, 4) is 16.9 Å². The van der Waals surface area contributed by atoms with Crippen LogP contribution in [0.1, 0.15) is 13.8 Å². The molecule has 0 saturated carbocycles. The quantitative estimate of drug-likeness (QED) is 0.827. The van der Waals surface area contributed by atoms with Crippen molar-refractivity contribution in [1.29, 1.82) is 0 Å². The molecule has 23 heavy (non-hydrogen) atoms. The van der Waals surface area contributed by atoms with Gasteiger partial charge in [-0.05, 0) is 19.4 Å². The second-order valence-corrected chi connectivity index (χ2v) is 5.00. The second-order valence-electron chi connectivity index (χ2n) is 5.00. The molecule has 0 heterocycles. The average molecular weight is 313 g/mol. The molecule has 0 aliphatic heterocycles. The number of rotatable bonds is 5. The zero-order valence-corrected chi connectivity index (χ0v) is 13.3. The van der Waals surface area contributed by atoms with Gasteiger partial charge in [0.1, 0.15) is 5.75 Å². The molecule has 0 aliphatic rings. The van der Waals surface area contributed by atoms with Crippen LogP contribution in [-0.4, -0.2) is 41.2 Å². The van der Waals surface area contributed by atoms with Gasteiger partial charge in [0.2, 0.25) is 0 Å². The minimum atomic E-state index is -1.72. The number of benzene rings is 2. The van der Waals surface area contributed by atoms with Crippen molar-refractivity contribution < 1.29 is 19.6 Å². The molecule has 0 radical (unpaired) electrons. The van der Waals surface area contributed by atoms with Crippen molar-refractivity contribution >= 4 is 18.7 Å². The molecule has 120 valence electrons. The maximum absolute atomic E-state index is 12.3. The Kier molecular flexibility index (Phi) is 5.79. The summed E-state index contributed by atoms with van der Waals surface area (Å²) in [6.07, 6.45) is -0.514. The number of carbonyl (C=O) groups excluding carboxylic acids is 1. The fourth-order valence-electron chi connectivity index (χ4n) is 2.35. The third-order valence-corrected chi connectivity index (χ3v) is 3.62. The smallest absolute Gasteiger partial charge is 0.423 e. The number of carbonyl (C=O) groups is 1. The summed E-state index contributed by atoms with van der Waals surface area (Å²) in [5.74, 6) is 0.172. The fraction of sp³-hybridized carbons (Fsp3) is 0.235. The van der Waals surface area contributed by atoms with Gasteiger partial charge < -0.3 is 19.7 Å². The zero-order valence-electron chi connectivity index (χ0n) is 13.3. The minimum Gasteiger partial charge on any atom is -0.423 e. The van der Waals surface area contributed by atoms with Gasteiger partial charge in [0.25, 0.3) is 0 Å². The highest BCUT2D eigenvalue weighted by Gasteiger charge is 2.24. The Labute approximate surface area is 136 Å². The summed E-state index contributed by atoms with van der Waals surface area (Å²) in [6.45, 7) is 4.74. The van der Waals surface area contributed by atoms with Crippen molar-refractivity contribution in [2.24, 2.45) is 0 Å². The largest absolute Gasteiger partial charge is 0.492 e. The fourth-order valence-corrected chi connectivity index (χ4v) is 2.35. The molecule has 0 spiro atoms. The third-order valence-electron chi connectivity index (χ3n) is 3.62. The predicted molar refractivity (Wildman–Crippen MR) is 90.6 cm³/mol. The van der Waals surface area contributed by atoms with E-state index in [0.717, 1.165) is 5.56 Å². The number of ether oxygens (including phenoxy) is 1. The minimum absolute atomic E-state index is 0.159. The van der Waals surface area contributed by atoms with Gasteiger partial charge in [-0.2, -0.15) is 0 Å². The second kappa shape index (κ2) is 7.81. The Morgan fingerprint density at radius 3 is 2.26 bits per heavy atom. The Balaban J connectivity index is 2.48. The molecule has 6 heteroatoms. The van der Waals surface area contributed by atoms with Crippen LogP contribution in [0.25, 0.3) is 11.1 Å². The first kappa shape index (κ1) is 17.1. The summed E-state index contributed by atoms with van der Waals surface area (Å²) in [7, 11) is -1.72. The van der Waals surface area contributed by atoms with E-state index in [9.17, 15) is 14.8 Å². The molecule has 0 atom stereocenters. The first-order chi connectivity index (χ1) is 11.1. The number of hydrogen-bond acceptors (Lipinski definition) is 4. The van der Waals surface area contributed by atoms with Gasteiger partial charge in [0.05, 0.1) is 0 Å². The lowest BCUT2D eigenvalue weighted by atomic mass is 9.78. The first-order valence-corrected chi connectivity index (χ1v) is 7.59. The molecule has 5 nitrogen and oxygen atoms in total. The standard InChI is InChI=1S/C17H20BNO4/c1-3-19(4-2)17(20)23-16-14(13-9-6-5-7-10-13)11-8-12-15(16)18(21)22/h5-12,21-22H,3-4H2,1-2H3. The topological polar surface area (TPSA) is 70.0 Å². The summed E-state index contributed by atoms with van der Waals surface area (Å²) in [6, 6.07) is 14.4. The lowest BCUT2D eigenvalue weighted by molar-refractivity contribution is 0.158. The van der Waals surface area contributed by atoms with E-state index in [0.29, 0.717) is 18.7 Å². The molecule has 0 fully saturated rings. The number of nitrogens with zero attached hydrogens (tertiary/aromatic N) is 1. The van der Waals surface area contributed by atoms with E-state index in [1.165, 1.54) is 11.0 Å². The molecule has 0 bridgehead atoms. The molecule has 0 saturated heterocycles. The number of hydrogen-bond donors (Lipinski definition) is 2. The summed E-state index contributed by atoms with van der Waals surface area (Å²) < 4.78 is 5.50. The van der Waals surface area contributed by atoms with Crippen LogP contribution in [0.3, 0.4) is 0 Å². The maximum Gasteiger partial charge on any atom is 0.492 e. The third kappa shape index (κ3) is 3.91. The molecule has 2 N–H and O–H groups in total. The van der Waals surface area contributed by atoms with E-state index in [4.69, 9.17) is 4.74 Å². The van der Waals surface area contributed by atoms with Crippen molar-refractivity contribution in [3.63, 3.8) is 0 Å². The summed E-state index contributed by atoms with van der Waals surface area (Å²) >= 11 is 0. The van der Waals surface area contributed by atoms with Crippen LogP contribution in [-0.2, 0) is 0 Å². The van der Waals surface area contributed by atoms with Crippen LogP contribution in [0, 0.1) is 0 Å². The van der Waals surface area contributed by atoms with Gasteiger partial charge in [0, 0.05) is 24.1 Å². The summed E-state index contributed by atoms with van der Waals surface area (Å²) in [4.78, 5) is 13.8. The first-order valence-electron chi connectivity index (χ1n) is 7.59. The molecule has 2 aromatic rings. The predicted octanol–water partition coefficient (Wildman–Crippen LogP) is 1.87. The van der Waals surface area contributed by atoms with Gasteiger partial charge in [-0.1, -0.05) is 48.5 Å². The molecule has 0 aliphatic carbocycles. The molecular weight excluding hydrogens is 293 g/mol. The molecular formula is C17H20BNO4. The van der Waals surface area contributed by atoms with Crippen molar-refractivity contribution in [3.05, 3.63) is 48.5 Å². The van der Waals surface area contributed by atoms with Gasteiger partial charge >= 0.3 is 13.2 Å². The van der Waals surface area contributed by atoms with E-state index in [1.807, 2.05) is 44.2 Å². The highest BCUT2D eigenvalue weighted by atomic mass is 16.6. The molecule has 2 rings (SSSR count). The molecule has 1 amide bonds. The van der Waals surface area contributed by atoms with Crippen LogP contribution >= 0.6 is 0 Å². The zero-order chi connectivity index (χ0) is 16.8.